The predicted octanol–water partition coefficient (Wildman–Crippen LogP) is 3.87. The van der Waals surface area contributed by atoms with Crippen LogP contribution in [0.5, 0.6) is 5.75 Å². The maximum absolute atomic E-state index is 12.5. The summed E-state index contributed by atoms with van der Waals surface area (Å²) in [6.07, 6.45) is 9.10. The van der Waals surface area contributed by atoms with Crippen LogP contribution in [0.3, 0.4) is 0 Å². The molecule has 5 rings (SSSR count). The molecule has 0 heterocycles. The summed E-state index contributed by atoms with van der Waals surface area (Å²) in [6, 6.07) is 8.88. The van der Waals surface area contributed by atoms with E-state index in [1.54, 1.807) is 31.4 Å². The molecule has 4 aliphatic rings. The Kier molecular flexibility index (Phi) is 6.04. The maximum Gasteiger partial charge on any atom is 0.349 e. The van der Waals surface area contributed by atoms with Gasteiger partial charge in [-0.15, -0.1) is 0 Å². The SMILES string of the molecule is COc1ccc(/C=C(\C#N)C(=O)OCC(=O)NC(C)C23CC4CC(CC(C4)C2)C3)cc1. The zero-order valence-corrected chi connectivity index (χ0v) is 18.2. The minimum atomic E-state index is -0.795. The summed E-state index contributed by atoms with van der Waals surface area (Å²) in [5.41, 5.74) is 0.724. The molecule has 0 spiro atoms. The van der Waals surface area contributed by atoms with E-state index in [-0.39, 0.29) is 29.5 Å². The van der Waals surface area contributed by atoms with E-state index in [4.69, 9.17) is 9.47 Å². The van der Waals surface area contributed by atoms with Gasteiger partial charge in [0, 0.05) is 6.04 Å². The molecule has 31 heavy (non-hydrogen) atoms. The molecule has 0 aromatic heterocycles. The van der Waals surface area contributed by atoms with E-state index in [1.807, 2.05) is 6.07 Å². The van der Waals surface area contributed by atoms with Gasteiger partial charge in [-0.1, -0.05) is 12.1 Å². The van der Waals surface area contributed by atoms with Crippen molar-refractivity contribution < 1.29 is 19.1 Å². The number of esters is 1. The second-order valence-corrected chi connectivity index (χ2v) is 9.59. The normalized spacial score (nSPS) is 29.7. The van der Waals surface area contributed by atoms with Crippen LogP contribution in [0.4, 0.5) is 0 Å². The highest BCUT2D eigenvalue weighted by Crippen LogP contribution is 2.61. The Labute approximate surface area is 183 Å². The van der Waals surface area contributed by atoms with E-state index < -0.39 is 5.97 Å². The van der Waals surface area contributed by atoms with E-state index in [9.17, 15) is 14.9 Å². The number of ether oxygens (including phenoxy) is 2. The Hall–Kier alpha value is -2.81. The summed E-state index contributed by atoms with van der Waals surface area (Å²) in [6.45, 7) is 1.72. The Bertz CT molecular complexity index is 877. The number of nitrogens with zero attached hydrogens (tertiary/aromatic N) is 1. The minimum Gasteiger partial charge on any atom is -0.497 e. The lowest BCUT2D eigenvalue weighted by Gasteiger charge is -2.59. The van der Waals surface area contributed by atoms with Crippen LogP contribution in [-0.2, 0) is 14.3 Å². The van der Waals surface area contributed by atoms with Crippen molar-refractivity contribution >= 4 is 18.0 Å². The van der Waals surface area contributed by atoms with Crippen molar-refractivity contribution in [2.45, 2.75) is 51.5 Å². The number of benzene rings is 1. The zero-order valence-electron chi connectivity index (χ0n) is 18.2. The Balaban J connectivity index is 1.31. The van der Waals surface area contributed by atoms with Gasteiger partial charge in [0.1, 0.15) is 17.4 Å². The van der Waals surface area contributed by atoms with Gasteiger partial charge in [-0.05, 0) is 92.4 Å². The molecule has 1 unspecified atom stereocenters. The fraction of sp³-hybridized carbons (Fsp3) is 0.560. The molecule has 0 saturated heterocycles. The molecule has 6 heteroatoms. The average Bonchev–Trinajstić information content (AvgIpc) is 2.75. The van der Waals surface area contributed by atoms with Gasteiger partial charge in [0.15, 0.2) is 6.61 Å². The number of carbonyl (C=O) groups excluding carboxylic acids is 2. The molecule has 4 bridgehead atoms. The third kappa shape index (κ3) is 4.61. The van der Waals surface area contributed by atoms with E-state index in [0.29, 0.717) is 11.3 Å². The van der Waals surface area contributed by atoms with Gasteiger partial charge in [-0.3, -0.25) is 4.79 Å². The van der Waals surface area contributed by atoms with Crippen LogP contribution in [0, 0.1) is 34.5 Å². The third-order valence-electron chi connectivity index (χ3n) is 7.48. The summed E-state index contributed by atoms with van der Waals surface area (Å²) in [5, 5.41) is 12.4. The summed E-state index contributed by atoms with van der Waals surface area (Å²) in [7, 11) is 1.57. The van der Waals surface area contributed by atoms with Gasteiger partial charge in [0.2, 0.25) is 0 Å². The Morgan fingerprint density at radius 1 is 1.16 bits per heavy atom. The Morgan fingerprint density at radius 3 is 2.26 bits per heavy atom. The van der Waals surface area contributed by atoms with Crippen molar-refractivity contribution in [1.29, 1.82) is 5.26 Å². The van der Waals surface area contributed by atoms with Crippen LogP contribution in [0.1, 0.15) is 51.0 Å². The molecule has 6 nitrogen and oxygen atoms in total. The first kappa shape index (κ1) is 21.4. The van der Waals surface area contributed by atoms with Crippen molar-refractivity contribution in [3.05, 3.63) is 35.4 Å². The zero-order chi connectivity index (χ0) is 22.0. The minimum absolute atomic E-state index is 0.0670. The highest BCUT2D eigenvalue weighted by Gasteiger charge is 2.53. The van der Waals surface area contributed by atoms with E-state index >= 15 is 0 Å². The number of methoxy groups -OCH3 is 1. The Morgan fingerprint density at radius 2 is 1.74 bits per heavy atom. The average molecular weight is 423 g/mol. The smallest absolute Gasteiger partial charge is 0.349 e. The van der Waals surface area contributed by atoms with Gasteiger partial charge >= 0.3 is 5.97 Å². The highest BCUT2D eigenvalue weighted by molar-refractivity contribution is 5.98. The highest BCUT2D eigenvalue weighted by atomic mass is 16.5. The van der Waals surface area contributed by atoms with Crippen LogP contribution >= 0.6 is 0 Å². The fourth-order valence-electron chi connectivity index (χ4n) is 6.36. The number of nitrogens with one attached hydrogen (secondary N) is 1. The van der Waals surface area contributed by atoms with Gasteiger partial charge in [-0.2, -0.15) is 5.26 Å². The second-order valence-electron chi connectivity index (χ2n) is 9.59. The van der Waals surface area contributed by atoms with Crippen LogP contribution in [0.25, 0.3) is 6.08 Å². The number of amides is 1. The van der Waals surface area contributed by atoms with Crippen molar-refractivity contribution in [2.75, 3.05) is 13.7 Å². The number of rotatable bonds is 7. The molecule has 0 aliphatic heterocycles. The first-order valence-electron chi connectivity index (χ1n) is 11.1. The van der Waals surface area contributed by atoms with Crippen LogP contribution in [0.15, 0.2) is 29.8 Å². The maximum atomic E-state index is 12.5. The molecule has 4 saturated carbocycles. The molecule has 1 amide bonds. The number of hydrogen-bond donors (Lipinski definition) is 1. The predicted molar refractivity (Wildman–Crippen MR) is 116 cm³/mol. The quantitative estimate of drug-likeness (QED) is 0.409. The lowest BCUT2D eigenvalue weighted by atomic mass is 9.48. The van der Waals surface area contributed by atoms with Crippen molar-refractivity contribution in [3.63, 3.8) is 0 Å². The lowest BCUT2D eigenvalue weighted by molar-refractivity contribution is -0.145. The number of carbonyl (C=O) groups is 2. The second kappa shape index (κ2) is 8.74. The molecular weight excluding hydrogens is 392 g/mol. The number of nitriles is 1. The molecule has 4 aliphatic carbocycles. The van der Waals surface area contributed by atoms with Crippen LogP contribution in [0.2, 0.25) is 0 Å². The van der Waals surface area contributed by atoms with Gasteiger partial charge in [0.25, 0.3) is 5.91 Å². The topological polar surface area (TPSA) is 88.4 Å². The van der Waals surface area contributed by atoms with Crippen LogP contribution < -0.4 is 10.1 Å². The molecule has 164 valence electrons. The lowest BCUT2D eigenvalue weighted by Crippen LogP contribution is -2.56. The monoisotopic (exact) mass is 422 g/mol. The molecule has 4 fully saturated rings. The number of hydrogen-bond acceptors (Lipinski definition) is 5. The first-order chi connectivity index (χ1) is 14.9. The van der Waals surface area contributed by atoms with Gasteiger partial charge < -0.3 is 14.8 Å². The molecule has 1 atom stereocenters. The standard InChI is InChI=1S/C25H30N2O4/c1-16(25-11-18-7-19(12-25)9-20(8-18)13-25)27-23(28)15-31-24(29)21(14-26)10-17-3-5-22(30-2)6-4-17/h3-6,10,16,18-20H,7-9,11-13,15H2,1-2H3,(H,27,28)/b21-10+. The third-order valence-corrected chi connectivity index (χ3v) is 7.48. The van der Waals surface area contributed by atoms with E-state index in [0.717, 1.165) is 17.8 Å². The summed E-state index contributed by atoms with van der Waals surface area (Å²) in [5.74, 6) is 2.01. The largest absolute Gasteiger partial charge is 0.497 e. The first-order valence-corrected chi connectivity index (χ1v) is 11.1. The summed E-state index contributed by atoms with van der Waals surface area (Å²) in [4.78, 5) is 24.8. The van der Waals surface area contributed by atoms with Crippen molar-refractivity contribution in [2.24, 2.45) is 23.2 Å². The van der Waals surface area contributed by atoms with Crippen molar-refractivity contribution in [1.82, 2.24) is 5.32 Å². The summed E-state index contributed by atoms with van der Waals surface area (Å²) >= 11 is 0. The fourth-order valence-corrected chi connectivity index (χ4v) is 6.36. The molecular formula is C25H30N2O4. The van der Waals surface area contributed by atoms with E-state index in [1.165, 1.54) is 44.6 Å². The van der Waals surface area contributed by atoms with E-state index in [2.05, 4.69) is 12.2 Å². The molecule has 1 aromatic carbocycles. The molecule has 0 radical (unpaired) electrons. The van der Waals surface area contributed by atoms with Crippen LogP contribution in [-0.4, -0.2) is 31.6 Å². The van der Waals surface area contributed by atoms with Gasteiger partial charge in [0.05, 0.1) is 7.11 Å². The molecule has 1 N–H and O–H groups in total. The molecule has 1 aromatic rings. The van der Waals surface area contributed by atoms with Gasteiger partial charge in [-0.25, -0.2) is 4.79 Å². The van der Waals surface area contributed by atoms with Crippen molar-refractivity contribution in [3.8, 4) is 11.8 Å². The summed E-state index contributed by atoms with van der Waals surface area (Å²) < 4.78 is 10.2.